The Morgan fingerprint density at radius 1 is 0.932 bits per heavy atom. The lowest BCUT2D eigenvalue weighted by atomic mass is 10.0. The predicted octanol–water partition coefficient (Wildman–Crippen LogP) is 6.34. The molecule has 2 aliphatic rings. The van der Waals surface area contributed by atoms with Crippen molar-refractivity contribution in [1.29, 1.82) is 0 Å². The number of piperidine rings is 1. The van der Waals surface area contributed by atoms with E-state index in [4.69, 9.17) is 14.2 Å². The van der Waals surface area contributed by atoms with Crippen molar-refractivity contribution in [2.75, 3.05) is 49.1 Å². The molecule has 3 aromatic rings. The number of hydrogen-bond donors (Lipinski definition) is 2. The van der Waals surface area contributed by atoms with Gasteiger partial charge in [-0.2, -0.15) is 0 Å². The number of urea groups is 1. The Kier molecular flexibility index (Phi) is 11.6. The van der Waals surface area contributed by atoms with Crippen LogP contribution < -0.4 is 24.2 Å². The molecule has 238 valence electrons. The number of carbonyl (C=O) groups excluding carboxylic acids is 1. The highest BCUT2D eigenvalue weighted by Gasteiger charge is 2.28. The minimum absolute atomic E-state index is 0. The van der Waals surface area contributed by atoms with Crippen LogP contribution in [0.1, 0.15) is 38.2 Å². The quantitative estimate of drug-likeness (QED) is 0.251. The van der Waals surface area contributed by atoms with E-state index in [2.05, 4.69) is 34.0 Å². The average Bonchev–Trinajstić information content (AvgIpc) is 2.99. The van der Waals surface area contributed by atoms with Gasteiger partial charge >= 0.3 is 6.03 Å². The molecule has 12 heteroatoms. The molecule has 0 bridgehead atoms. The summed E-state index contributed by atoms with van der Waals surface area (Å²) in [5.74, 6) is 2.70. The minimum Gasteiger partial charge on any atom is -0.486 e. The van der Waals surface area contributed by atoms with Gasteiger partial charge < -0.3 is 24.4 Å². The van der Waals surface area contributed by atoms with E-state index >= 15 is 0 Å². The molecule has 1 saturated heterocycles. The van der Waals surface area contributed by atoms with E-state index in [0.29, 0.717) is 47.6 Å². The third kappa shape index (κ3) is 9.41. The number of nitrogens with zero attached hydrogens (tertiary/aromatic N) is 2. The molecule has 1 fully saturated rings. The Labute approximate surface area is 266 Å². The van der Waals surface area contributed by atoms with Gasteiger partial charge in [-0.1, -0.05) is 25.5 Å². The molecule has 2 aliphatic heterocycles. The number of sulfonamides is 1. The number of amides is 2. The SMILES string of the molecule is CCCCN(C(=O)Nc1ccc2c(c1)OCCO2)C1CCN(Cc2ccc(Oc3ccc(NS(C)(=O)=O)cc3)cc2)CC1.Cl. The van der Waals surface area contributed by atoms with E-state index < -0.39 is 10.0 Å². The number of hydrogen-bond acceptors (Lipinski definition) is 7. The molecule has 44 heavy (non-hydrogen) atoms. The fourth-order valence-corrected chi connectivity index (χ4v) is 5.91. The van der Waals surface area contributed by atoms with E-state index in [1.165, 1.54) is 5.56 Å². The summed E-state index contributed by atoms with van der Waals surface area (Å²) in [7, 11) is -3.32. The number of likely N-dealkylation sites (tertiary alicyclic amines) is 1. The molecule has 0 aromatic heterocycles. The summed E-state index contributed by atoms with van der Waals surface area (Å²) in [5, 5.41) is 3.08. The van der Waals surface area contributed by atoms with Crippen LogP contribution in [-0.4, -0.2) is 69.4 Å². The van der Waals surface area contributed by atoms with Crippen LogP contribution in [0, 0.1) is 0 Å². The highest BCUT2D eigenvalue weighted by atomic mass is 35.5. The van der Waals surface area contributed by atoms with Crippen molar-refractivity contribution in [2.24, 2.45) is 0 Å². The average molecular weight is 645 g/mol. The molecule has 5 rings (SSSR count). The molecule has 0 atom stereocenters. The zero-order chi connectivity index (χ0) is 30.2. The van der Waals surface area contributed by atoms with Gasteiger partial charge in [0.05, 0.1) is 6.26 Å². The van der Waals surface area contributed by atoms with Gasteiger partial charge in [0.1, 0.15) is 24.7 Å². The molecule has 2 heterocycles. The van der Waals surface area contributed by atoms with E-state index in [0.717, 1.165) is 58.1 Å². The van der Waals surface area contributed by atoms with Crippen molar-refractivity contribution >= 4 is 39.8 Å². The highest BCUT2D eigenvalue weighted by Crippen LogP contribution is 2.33. The fourth-order valence-electron chi connectivity index (χ4n) is 5.35. The summed E-state index contributed by atoms with van der Waals surface area (Å²) in [4.78, 5) is 17.8. The second kappa shape index (κ2) is 15.4. The molecule has 0 saturated carbocycles. The van der Waals surface area contributed by atoms with Gasteiger partial charge in [-0.3, -0.25) is 9.62 Å². The Bertz CT molecular complexity index is 1480. The van der Waals surface area contributed by atoms with Crippen molar-refractivity contribution in [1.82, 2.24) is 9.80 Å². The molecule has 0 aliphatic carbocycles. The standard InChI is InChI=1S/C32H40N4O6S.ClH/c1-3-4-17-36(32(37)33-26-9-14-30-31(22-26)41-21-20-40-30)27-15-18-35(19-16-27)23-24-5-10-28(11-6-24)42-29-12-7-25(8-13-29)34-43(2,38)39;/h5-14,22,27,34H,3-4,15-21,23H2,1-2H3,(H,33,37);1H. The number of carbonyl (C=O) groups is 1. The Balaban J connectivity index is 0.00000442. The van der Waals surface area contributed by atoms with Crippen LogP contribution in [0.25, 0.3) is 0 Å². The van der Waals surface area contributed by atoms with Crippen LogP contribution >= 0.6 is 12.4 Å². The molecule has 0 spiro atoms. The summed E-state index contributed by atoms with van der Waals surface area (Å²) in [5.41, 5.74) is 2.39. The molecule has 2 amide bonds. The van der Waals surface area contributed by atoms with Gasteiger partial charge in [0.2, 0.25) is 10.0 Å². The van der Waals surface area contributed by atoms with Crippen molar-refractivity contribution < 1.29 is 27.4 Å². The van der Waals surface area contributed by atoms with Gasteiger partial charge in [0, 0.05) is 49.7 Å². The maximum Gasteiger partial charge on any atom is 0.322 e. The molecular weight excluding hydrogens is 604 g/mol. The Morgan fingerprint density at radius 3 is 2.18 bits per heavy atom. The summed E-state index contributed by atoms with van der Waals surface area (Å²) in [6, 6.07) is 20.5. The number of halogens is 1. The monoisotopic (exact) mass is 644 g/mol. The largest absolute Gasteiger partial charge is 0.486 e. The smallest absolute Gasteiger partial charge is 0.322 e. The maximum absolute atomic E-state index is 13.4. The minimum atomic E-state index is -3.32. The molecule has 10 nitrogen and oxygen atoms in total. The number of fused-ring (bicyclic) bond motifs is 1. The van der Waals surface area contributed by atoms with Gasteiger partial charge in [-0.25, -0.2) is 13.2 Å². The fraction of sp³-hybridized carbons (Fsp3) is 0.406. The van der Waals surface area contributed by atoms with Gasteiger partial charge in [-0.05, 0) is 73.4 Å². The summed E-state index contributed by atoms with van der Waals surface area (Å²) < 4.78 is 42.4. The zero-order valence-corrected chi connectivity index (χ0v) is 26.8. The van der Waals surface area contributed by atoms with Gasteiger partial charge in [-0.15, -0.1) is 12.4 Å². The van der Waals surface area contributed by atoms with Gasteiger partial charge in [0.25, 0.3) is 0 Å². The van der Waals surface area contributed by atoms with Crippen molar-refractivity contribution in [2.45, 2.75) is 45.2 Å². The second-order valence-electron chi connectivity index (χ2n) is 11.0. The number of ether oxygens (including phenoxy) is 3. The Morgan fingerprint density at radius 2 is 1.55 bits per heavy atom. The first-order chi connectivity index (χ1) is 20.8. The molecule has 0 radical (unpaired) electrons. The lowest BCUT2D eigenvalue weighted by Gasteiger charge is -2.38. The lowest BCUT2D eigenvalue weighted by Crippen LogP contribution is -2.49. The number of rotatable bonds is 11. The first-order valence-corrected chi connectivity index (χ1v) is 16.7. The second-order valence-corrected chi connectivity index (χ2v) is 12.7. The predicted molar refractivity (Wildman–Crippen MR) is 175 cm³/mol. The van der Waals surface area contributed by atoms with Crippen LogP contribution in [0.15, 0.2) is 66.7 Å². The number of benzene rings is 3. The van der Waals surface area contributed by atoms with Crippen molar-refractivity contribution in [3.63, 3.8) is 0 Å². The Hall–Kier alpha value is -3.67. The molecular formula is C32H41ClN4O6S. The van der Waals surface area contributed by atoms with Crippen LogP contribution in [0.3, 0.4) is 0 Å². The molecule has 2 N–H and O–H groups in total. The lowest BCUT2D eigenvalue weighted by molar-refractivity contribution is 0.122. The van der Waals surface area contributed by atoms with Gasteiger partial charge in [0.15, 0.2) is 11.5 Å². The number of anilines is 2. The van der Waals surface area contributed by atoms with E-state index in [1.807, 2.05) is 35.2 Å². The third-order valence-electron chi connectivity index (χ3n) is 7.53. The van der Waals surface area contributed by atoms with Crippen LogP contribution in [0.5, 0.6) is 23.0 Å². The van der Waals surface area contributed by atoms with E-state index in [-0.39, 0.29) is 24.5 Å². The number of nitrogens with one attached hydrogen (secondary N) is 2. The molecule has 0 unspecified atom stereocenters. The van der Waals surface area contributed by atoms with Crippen LogP contribution in [-0.2, 0) is 16.6 Å². The van der Waals surface area contributed by atoms with Crippen molar-refractivity contribution in [3.05, 3.63) is 72.3 Å². The third-order valence-corrected chi connectivity index (χ3v) is 8.13. The van der Waals surface area contributed by atoms with Crippen LogP contribution in [0.2, 0.25) is 0 Å². The topological polar surface area (TPSA) is 109 Å². The normalized spacial score (nSPS) is 15.1. The highest BCUT2D eigenvalue weighted by molar-refractivity contribution is 7.92. The number of unbranched alkanes of at least 4 members (excludes halogenated alkanes) is 1. The first kappa shape index (κ1) is 33.2. The maximum atomic E-state index is 13.4. The van der Waals surface area contributed by atoms with Crippen molar-refractivity contribution in [3.8, 4) is 23.0 Å². The van der Waals surface area contributed by atoms with E-state index in [9.17, 15) is 13.2 Å². The summed E-state index contributed by atoms with van der Waals surface area (Å²) in [6.45, 7) is 6.57. The first-order valence-electron chi connectivity index (χ1n) is 14.8. The molecule has 3 aromatic carbocycles. The van der Waals surface area contributed by atoms with Crippen LogP contribution in [0.4, 0.5) is 16.2 Å². The van der Waals surface area contributed by atoms with E-state index in [1.54, 1.807) is 24.3 Å². The summed E-state index contributed by atoms with van der Waals surface area (Å²) >= 11 is 0. The summed E-state index contributed by atoms with van der Waals surface area (Å²) in [6.07, 6.45) is 4.95. The zero-order valence-electron chi connectivity index (χ0n) is 25.2.